The molecule has 3 heterocycles. The van der Waals surface area contributed by atoms with Gasteiger partial charge in [-0.1, -0.05) is 20.8 Å². The Morgan fingerprint density at radius 3 is 2.64 bits per heavy atom. The molecule has 0 saturated carbocycles. The summed E-state index contributed by atoms with van der Waals surface area (Å²) in [7, 11) is 0. The van der Waals surface area contributed by atoms with Crippen molar-refractivity contribution in [2.75, 3.05) is 25.1 Å². The molecule has 1 atom stereocenters. The Hall–Kier alpha value is -0.980. The van der Waals surface area contributed by atoms with Gasteiger partial charge in [-0.2, -0.15) is 0 Å². The third kappa shape index (κ3) is 3.34. The van der Waals surface area contributed by atoms with E-state index in [-0.39, 0.29) is 17.4 Å². The third-order valence-corrected chi connectivity index (χ3v) is 5.28. The van der Waals surface area contributed by atoms with Crippen molar-refractivity contribution in [2.24, 2.45) is 0 Å². The van der Waals surface area contributed by atoms with Crippen LogP contribution in [0.1, 0.15) is 45.7 Å². The fraction of sp³-hybridized carbons (Fsp3) is 0.750. The summed E-state index contributed by atoms with van der Waals surface area (Å²) >= 11 is 1.51. The summed E-state index contributed by atoms with van der Waals surface area (Å²) in [5, 5.41) is 5.75. The molecular formula is C16H25N3O2S. The lowest BCUT2D eigenvalue weighted by atomic mass is 9.93. The molecule has 6 heteroatoms. The highest BCUT2D eigenvalue weighted by Gasteiger charge is 2.39. The van der Waals surface area contributed by atoms with Crippen molar-refractivity contribution in [3.63, 3.8) is 0 Å². The SMILES string of the molecule is CC(C)(C)c1csc(NC(=O)[C@@H]2CCN2C2CCOCC2)n1. The fourth-order valence-corrected chi connectivity index (χ4v) is 3.95. The van der Waals surface area contributed by atoms with Gasteiger partial charge in [0, 0.05) is 36.6 Å². The van der Waals surface area contributed by atoms with Crippen LogP contribution in [0.4, 0.5) is 5.13 Å². The zero-order valence-electron chi connectivity index (χ0n) is 13.6. The number of ether oxygens (including phenoxy) is 1. The van der Waals surface area contributed by atoms with Crippen LogP contribution < -0.4 is 5.32 Å². The second-order valence-electron chi connectivity index (χ2n) is 7.16. The summed E-state index contributed by atoms with van der Waals surface area (Å²) in [6.45, 7) is 9.05. The number of aromatic nitrogens is 1. The number of rotatable bonds is 3. The van der Waals surface area contributed by atoms with E-state index in [1.165, 1.54) is 11.3 Å². The number of carbonyl (C=O) groups excluding carboxylic acids is 1. The second kappa shape index (κ2) is 6.26. The van der Waals surface area contributed by atoms with Gasteiger partial charge in [-0.15, -0.1) is 11.3 Å². The summed E-state index contributed by atoms with van der Waals surface area (Å²) < 4.78 is 5.41. The highest BCUT2D eigenvalue weighted by Crippen LogP contribution is 2.29. The maximum absolute atomic E-state index is 12.5. The standard InChI is InChI=1S/C16H25N3O2S/c1-16(2,3)13-10-22-15(17-13)18-14(20)12-4-7-19(12)11-5-8-21-9-6-11/h10-12H,4-9H2,1-3H3,(H,17,18,20)/t12-/m0/s1. The number of carbonyl (C=O) groups is 1. The molecule has 1 aromatic rings. The second-order valence-corrected chi connectivity index (χ2v) is 8.02. The van der Waals surface area contributed by atoms with Crippen LogP contribution in [0.2, 0.25) is 0 Å². The van der Waals surface area contributed by atoms with Gasteiger partial charge in [0.25, 0.3) is 0 Å². The van der Waals surface area contributed by atoms with Crippen LogP contribution in [-0.2, 0) is 14.9 Å². The van der Waals surface area contributed by atoms with Crippen molar-refractivity contribution in [1.82, 2.24) is 9.88 Å². The van der Waals surface area contributed by atoms with Crippen LogP contribution in [0.3, 0.4) is 0 Å². The van der Waals surface area contributed by atoms with Crippen molar-refractivity contribution in [3.8, 4) is 0 Å². The molecule has 2 fully saturated rings. The lowest BCUT2D eigenvalue weighted by Crippen LogP contribution is -2.59. The minimum Gasteiger partial charge on any atom is -0.381 e. The number of hydrogen-bond donors (Lipinski definition) is 1. The number of likely N-dealkylation sites (tertiary alicyclic amines) is 1. The van der Waals surface area contributed by atoms with Gasteiger partial charge in [0.2, 0.25) is 5.91 Å². The summed E-state index contributed by atoms with van der Waals surface area (Å²) in [6, 6.07) is 0.504. The van der Waals surface area contributed by atoms with Crippen LogP contribution in [-0.4, -0.2) is 47.6 Å². The molecule has 0 bridgehead atoms. The minimum atomic E-state index is 0.00471. The van der Waals surface area contributed by atoms with E-state index < -0.39 is 0 Å². The van der Waals surface area contributed by atoms with Crippen molar-refractivity contribution < 1.29 is 9.53 Å². The average molecular weight is 323 g/mol. The molecular weight excluding hydrogens is 298 g/mol. The fourth-order valence-electron chi connectivity index (χ4n) is 3.01. The molecule has 1 N–H and O–H groups in total. The maximum Gasteiger partial charge on any atom is 0.243 e. The number of thiazole rings is 1. The predicted molar refractivity (Wildman–Crippen MR) is 88.4 cm³/mol. The Bertz CT molecular complexity index is 532. The number of nitrogens with one attached hydrogen (secondary N) is 1. The van der Waals surface area contributed by atoms with Crippen LogP contribution in [0.5, 0.6) is 0 Å². The maximum atomic E-state index is 12.5. The van der Waals surface area contributed by atoms with E-state index in [1.807, 2.05) is 5.38 Å². The van der Waals surface area contributed by atoms with Gasteiger partial charge in [-0.25, -0.2) is 4.98 Å². The van der Waals surface area contributed by atoms with Gasteiger partial charge in [-0.3, -0.25) is 9.69 Å². The third-order valence-electron chi connectivity index (χ3n) is 4.53. The Labute approximate surface area is 136 Å². The zero-order chi connectivity index (χ0) is 15.7. The van der Waals surface area contributed by atoms with E-state index >= 15 is 0 Å². The molecule has 1 aromatic heterocycles. The molecule has 0 aromatic carbocycles. The topological polar surface area (TPSA) is 54.5 Å². The highest BCUT2D eigenvalue weighted by molar-refractivity contribution is 7.14. The normalized spacial score (nSPS) is 24.0. The first-order valence-corrected chi connectivity index (χ1v) is 8.93. The van der Waals surface area contributed by atoms with Crippen molar-refractivity contribution in [2.45, 2.75) is 57.5 Å². The molecule has 0 spiro atoms. The number of amides is 1. The zero-order valence-corrected chi connectivity index (χ0v) is 14.4. The smallest absolute Gasteiger partial charge is 0.243 e. The Balaban J connectivity index is 1.58. The molecule has 5 nitrogen and oxygen atoms in total. The van der Waals surface area contributed by atoms with E-state index in [4.69, 9.17) is 4.74 Å². The van der Waals surface area contributed by atoms with Gasteiger partial charge >= 0.3 is 0 Å². The lowest BCUT2D eigenvalue weighted by Gasteiger charge is -2.46. The predicted octanol–water partition coefficient (Wildman–Crippen LogP) is 2.63. The van der Waals surface area contributed by atoms with E-state index in [0.29, 0.717) is 11.2 Å². The highest BCUT2D eigenvalue weighted by atomic mass is 32.1. The summed E-state index contributed by atoms with van der Waals surface area (Å²) in [5.74, 6) is 0.0903. The summed E-state index contributed by atoms with van der Waals surface area (Å²) in [5.41, 5.74) is 1.05. The molecule has 2 aliphatic heterocycles. The van der Waals surface area contributed by atoms with Crippen LogP contribution in [0.15, 0.2) is 5.38 Å². The summed E-state index contributed by atoms with van der Waals surface area (Å²) in [6.07, 6.45) is 3.02. The molecule has 0 unspecified atom stereocenters. The van der Waals surface area contributed by atoms with Crippen molar-refractivity contribution in [3.05, 3.63) is 11.1 Å². The first-order valence-electron chi connectivity index (χ1n) is 8.05. The summed E-state index contributed by atoms with van der Waals surface area (Å²) in [4.78, 5) is 19.4. The average Bonchev–Trinajstić information content (AvgIpc) is 2.87. The molecule has 122 valence electrons. The molecule has 3 rings (SSSR count). The Kier molecular flexibility index (Phi) is 4.52. The first-order chi connectivity index (χ1) is 10.4. The molecule has 2 aliphatic rings. The Morgan fingerprint density at radius 1 is 1.36 bits per heavy atom. The monoisotopic (exact) mass is 323 g/mol. The number of nitrogens with zero attached hydrogens (tertiary/aromatic N) is 2. The van der Waals surface area contributed by atoms with Gasteiger partial charge in [0.1, 0.15) is 0 Å². The Morgan fingerprint density at radius 2 is 2.09 bits per heavy atom. The largest absolute Gasteiger partial charge is 0.381 e. The number of anilines is 1. The van der Waals surface area contributed by atoms with E-state index in [0.717, 1.165) is 44.7 Å². The van der Waals surface area contributed by atoms with Gasteiger partial charge in [0.05, 0.1) is 11.7 Å². The van der Waals surface area contributed by atoms with Crippen LogP contribution in [0, 0.1) is 0 Å². The number of hydrogen-bond acceptors (Lipinski definition) is 5. The van der Waals surface area contributed by atoms with Gasteiger partial charge in [0.15, 0.2) is 5.13 Å². The first kappa shape index (κ1) is 15.9. The van der Waals surface area contributed by atoms with Crippen LogP contribution >= 0.6 is 11.3 Å². The lowest BCUT2D eigenvalue weighted by molar-refractivity contribution is -0.129. The van der Waals surface area contributed by atoms with E-state index in [2.05, 4.69) is 36.0 Å². The van der Waals surface area contributed by atoms with Crippen molar-refractivity contribution in [1.29, 1.82) is 0 Å². The minimum absolute atomic E-state index is 0.00471. The van der Waals surface area contributed by atoms with Crippen LogP contribution in [0.25, 0.3) is 0 Å². The quantitative estimate of drug-likeness (QED) is 0.929. The van der Waals surface area contributed by atoms with E-state index in [9.17, 15) is 4.79 Å². The molecule has 22 heavy (non-hydrogen) atoms. The molecule has 0 aliphatic carbocycles. The molecule has 0 radical (unpaired) electrons. The molecule has 1 amide bonds. The van der Waals surface area contributed by atoms with Gasteiger partial charge < -0.3 is 10.1 Å². The van der Waals surface area contributed by atoms with Gasteiger partial charge in [-0.05, 0) is 19.3 Å². The van der Waals surface area contributed by atoms with Crippen molar-refractivity contribution >= 4 is 22.4 Å². The molecule has 2 saturated heterocycles. The van der Waals surface area contributed by atoms with E-state index in [1.54, 1.807) is 0 Å².